The molecule has 0 amide bonds. The molecule has 2 rings (SSSR count). The molecule has 0 unspecified atom stereocenters. The molecule has 0 aliphatic rings. The van der Waals surface area contributed by atoms with Crippen LogP contribution in [0, 0.1) is 0 Å². The fourth-order valence-corrected chi connectivity index (χ4v) is 2.10. The lowest BCUT2D eigenvalue weighted by Gasteiger charge is -2.06. The number of esters is 1. The highest BCUT2D eigenvalue weighted by atomic mass is 16.5. The summed E-state index contributed by atoms with van der Waals surface area (Å²) in [4.78, 5) is 16.0. The molecule has 0 saturated carbocycles. The van der Waals surface area contributed by atoms with Crippen molar-refractivity contribution in [1.29, 1.82) is 0 Å². The first kappa shape index (κ1) is 13.3. The molecule has 19 heavy (non-hydrogen) atoms. The molecule has 2 aromatic rings. The number of ether oxygens (including phenoxy) is 1. The van der Waals surface area contributed by atoms with E-state index in [-0.39, 0.29) is 5.97 Å². The minimum absolute atomic E-state index is 0.181. The van der Waals surface area contributed by atoms with Gasteiger partial charge in [-0.05, 0) is 19.1 Å². The number of imidazole rings is 1. The second kappa shape index (κ2) is 6.18. The number of rotatable bonds is 6. The van der Waals surface area contributed by atoms with E-state index in [1.54, 1.807) is 0 Å². The highest BCUT2D eigenvalue weighted by Crippen LogP contribution is 2.17. The van der Waals surface area contributed by atoms with Crippen LogP contribution in [0.3, 0.4) is 0 Å². The van der Waals surface area contributed by atoms with Gasteiger partial charge in [0.2, 0.25) is 0 Å². The smallest absolute Gasteiger partial charge is 0.306 e. The van der Waals surface area contributed by atoms with Crippen molar-refractivity contribution in [2.45, 2.75) is 26.3 Å². The van der Waals surface area contributed by atoms with Gasteiger partial charge in [-0.25, -0.2) is 4.98 Å². The Bertz CT molecular complexity index is 587. The third-order valence-corrected chi connectivity index (χ3v) is 2.90. The number of nitrogens with zero attached hydrogens (tertiary/aromatic N) is 2. The minimum atomic E-state index is -0.181. The molecular formula is C15H18N2O2. The topological polar surface area (TPSA) is 44.1 Å². The quantitative estimate of drug-likeness (QED) is 0.591. The Morgan fingerprint density at radius 2 is 2.26 bits per heavy atom. The fourth-order valence-electron chi connectivity index (χ4n) is 2.10. The minimum Gasteiger partial charge on any atom is -0.466 e. The molecule has 0 spiro atoms. The average molecular weight is 258 g/mol. The molecule has 0 atom stereocenters. The Labute approximate surface area is 112 Å². The van der Waals surface area contributed by atoms with Crippen LogP contribution >= 0.6 is 0 Å². The van der Waals surface area contributed by atoms with E-state index in [0.717, 1.165) is 16.9 Å². The van der Waals surface area contributed by atoms with Crippen LogP contribution in [0.2, 0.25) is 0 Å². The molecule has 0 aliphatic heterocycles. The van der Waals surface area contributed by atoms with Gasteiger partial charge in [0.25, 0.3) is 0 Å². The molecule has 0 radical (unpaired) electrons. The number of aryl methyl sites for hydroxylation is 1. The summed E-state index contributed by atoms with van der Waals surface area (Å²) in [6.07, 6.45) is 2.78. The fraction of sp³-hybridized carbons (Fsp3) is 0.333. The number of para-hydroxylation sites is 2. The first-order valence-corrected chi connectivity index (χ1v) is 6.47. The first-order valence-electron chi connectivity index (χ1n) is 6.47. The van der Waals surface area contributed by atoms with Gasteiger partial charge in [0.1, 0.15) is 5.82 Å². The van der Waals surface area contributed by atoms with E-state index in [1.807, 2.05) is 37.3 Å². The second-order valence-electron chi connectivity index (χ2n) is 4.22. The number of fused-ring (bicyclic) bond motifs is 1. The summed E-state index contributed by atoms with van der Waals surface area (Å²) in [6, 6.07) is 7.95. The van der Waals surface area contributed by atoms with E-state index in [4.69, 9.17) is 4.74 Å². The molecule has 1 heterocycles. The summed E-state index contributed by atoms with van der Waals surface area (Å²) in [5.41, 5.74) is 2.02. The number of hydrogen-bond acceptors (Lipinski definition) is 3. The van der Waals surface area contributed by atoms with Crippen molar-refractivity contribution < 1.29 is 9.53 Å². The van der Waals surface area contributed by atoms with Crippen molar-refractivity contribution in [2.24, 2.45) is 0 Å². The van der Waals surface area contributed by atoms with Crippen molar-refractivity contribution in [2.75, 3.05) is 6.61 Å². The number of carbonyl (C=O) groups excluding carboxylic acids is 1. The zero-order chi connectivity index (χ0) is 13.7. The third kappa shape index (κ3) is 3.02. The first-order chi connectivity index (χ1) is 9.26. The highest BCUT2D eigenvalue weighted by molar-refractivity contribution is 5.76. The van der Waals surface area contributed by atoms with Crippen LogP contribution in [0.15, 0.2) is 36.9 Å². The number of allylic oxidation sites excluding steroid dienone is 1. The monoisotopic (exact) mass is 258 g/mol. The van der Waals surface area contributed by atoms with Crippen molar-refractivity contribution in [3.63, 3.8) is 0 Å². The molecule has 0 aliphatic carbocycles. The summed E-state index contributed by atoms with van der Waals surface area (Å²) < 4.78 is 7.03. The molecule has 100 valence electrons. The zero-order valence-corrected chi connectivity index (χ0v) is 11.1. The van der Waals surface area contributed by atoms with Crippen LogP contribution in [0.25, 0.3) is 11.0 Å². The Hall–Kier alpha value is -2.10. The van der Waals surface area contributed by atoms with Gasteiger partial charge in [-0.1, -0.05) is 18.2 Å². The predicted octanol–water partition coefficient (Wildman–Crippen LogP) is 2.72. The molecule has 1 aromatic heterocycles. The summed E-state index contributed by atoms with van der Waals surface area (Å²) in [5, 5.41) is 0. The van der Waals surface area contributed by atoms with Crippen LogP contribution in [-0.4, -0.2) is 22.1 Å². The van der Waals surface area contributed by atoms with Gasteiger partial charge in [0, 0.05) is 13.0 Å². The van der Waals surface area contributed by atoms with E-state index in [9.17, 15) is 4.79 Å². The van der Waals surface area contributed by atoms with Crippen molar-refractivity contribution in [3.8, 4) is 0 Å². The van der Waals surface area contributed by atoms with Gasteiger partial charge in [0.05, 0.1) is 24.1 Å². The molecule has 0 saturated heterocycles. The molecule has 0 fully saturated rings. The van der Waals surface area contributed by atoms with Crippen LogP contribution in [-0.2, 0) is 22.5 Å². The standard InChI is InChI=1S/C15H18N2O2/c1-3-11-17-13-8-6-5-7-12(13)16-14(17)9-10-15(18)19-4-2/h3,5-8H,1,4,9-11H2,2H3. The predicted molar refractivity (Wildman–Crippen MR) is 74.9 cm³/mol. The zero-order valence-electron chi connectivity index (χ0n) is 11.1. The Balaban J connectivity index is 2.23. The second-order valence-corrected chi connectivity index (χ2v) is 4.22. The van der Waals surface area contributed by atoms with Gasteiger partial charge in [-0.3, -0.25) is 4.79 Å². The molecule has 0 bridgehead atoms. The molecule has 0 N–H and O–H groups in total. The van der Waals surface area contributed by atoms with Crippen LogP contribution < -0.4 is 0 Å². The SMILES string of the molecule is C=CCn1c(CCC(=O)OCC)nc2ccccc21. The normalized spacial score (nSPS) is 10.6. The van der Waals surface area contributed by atoms with Crippen molar-refractivity contribution >= 4 is 17.0 Å². The van der Waals surface area contributed by atoms with Gasteiger partial charge in [0.15, 0.2) is 0 Å². The number of aromatic nitrogens is 2. The molecule has 1 aromatic carbocycles. The number of hydrogen-bond donors (Lipinski definition) is 0. The maximum absolute atomic E-state index is 11.4. The lowest BCUT2D eigenvalue weighted by molar-refractivity contribution is -0.143. The van der Waals surface area contributed by atoms with E-state index in [0.29, 0.717) is 26.0 Å². The van der Waals surface area contributed by atoms with E-state index < -0.39 is 0 Å². The Morgan fingerprint density at radius 3 is 3.00 bits per heavy atom. The Morgan fingerprint density at radius 1 is 1.47 bits per heavy atom. The van der Waals surface area contributed by atoms with Gasteiger partial charge in [-0.15, -0.1) is 6.58 Å². The van der Waals surface area contributed by atoms with Gasteiger partial charge in [-0.2, -0.15) is 0 Å². The third-order valence-electron chi connectivity index (χ3n) is 2.90. The van der Waals surface area contributed by atoms with Crippen molar-refractivity contribution in [3.05, 3.63) is 42.7 Å². The lowest BCUT2D eigenvalue weighted by atomic mass is 10.3. The molecule has 4 nitrogen and oxygen atoms in total. The van der Waals surface area contributed by atoms with Gasteiger partial charge >= 0.3 is 5.97 Å². The Kier molecular flexibility index (Phi) is 4.34. The largest absolute Gasteiger partial charge is 0.466 e. The number of benzene rings is 1. The summed E-state index contributed by atoms with van der Waals surface area (Å²) in [7, 11) is 0. The van der Waals surface area contributed by atoms with Crippen LogP contribution in [0.4, 0.5) is 0 Å². The maximum Gasteiger partial charge on any atom is 0.306 e. The summed E-state index contributed by atoms with van der Waals surface area (Å²) >= 11 is 0. The van der Waals surface area contributed by atoms with E-state index in [2.05, 4.69) is 16.1 Å². The molecular weight excluding hydrogens is 240 g/mol. The maximum atomic E-state index is 11.4. The van der Waals surface area contributed by atoms with E-state index in [1.165, 1.54) is 0 Å². The summed E-state index contributed by atoms with van der Waals surface area (Å²) in [6.45, 7) is 6.69. The lowest BCUT2D eigenvalue weighted by Crippen LogP contribution is -2.09. The summed E-state index contributed by atoms with van der Waals surface area (Å²) in [5.74, 6) is 0.717. The van der Waals surface area contributed by atoms with Crippen molar-refractivity contribution in [1.82, 2.24) is 9.55 Å². The van der Waals surface area contributed by atoms with Crippen LogP contribution in [0.1, 0.15) is 19.2 Å². The van der Waals surface area contributed by atoms with Crippen LogP contribution in [0.5, 0.6) is 0 Å². The molecule has 4 heteroatoms. The number of carbonyl (C=O) groups is 1. The van der Waals surface area contributed by atoms with E-state index >= 15 is 0 Å². The van der Waals surface area contributed by atoms with Gasteiger partial charge < -0.3 is 9.30 Å². The highest BCUT2D eigenvalue weighted by Gasteiger charge is 2.11. The average Bonchev–Trinajstić information content (AvgIpc) is 2.76.